The molecule has 0 radical (unpaired) electrons. The van der Waals surface area contributed by atoms with Crippen LogP contribution in [0.5, 0.6) is 0 Å². The molecule has 0 amide bonds. The van der Waals surface area contributed by atoms with Crippen molar-refractivity contribution >= 4 is 21.6 Å². The Balaban J connectivity index is 2.13. The zero-order valence-electron chi connectivity index (χ0n) is 9.27. The number of hydrogen-bond donors (Lipinski definition) is 1. The van der Waals surface area contributed by atoms with Crippen molar-refractivity contribution in [2.45, 2.75) is 6.54 Å². The number of anilines is 1. The molecule has 1 heterocycles. The lowest BCUT2D eigenvalue weighted by molar-refractivity contribution is 0.506. The Morgan fingerprint density at radius 2 is 2.00 bits per heavy atom. The van der Waals surface area contributed by atoms with Crippen molar-refractivity contribution in [1.29, 1.82) is 10.5 Å². The molecule has 0 spiro atoms. The van der Waals surface area contributed by atoms with Crippen LogP contribution in [0, 0.1) is 22.7 Å². The van der Waals surface area contributed by atoms with Gasteiger partial charge in [0.25, 0.3) is 0 Å². The standard InChI is InChI=1S/C13H8BrN3O/c14-10-2-1-9(6-15)13(5-10)17-8-12-4-3-11(7-16)18-12/h1-5,17H,8H2. The fraction of sp³-hybridized carbons (Fsp3) is 0.0769. The maximum atomic E-state index is 8.98. The molecule has 0 aliphatic heterocycles. The Kier molecular flexibility index (Phi) is 3.66. The van der Waals surface area contributed by atoms with E-state index in [1.807, 2.05) is 18.2 Å². The Hall–Kier alpha value is -2.24. The van der Waals surface area contributed by atoms with Crippen LogP contribution in [0.4, 0.5) is 5.69 Å². The summed E-state index contributed by atoms with van der Waals surface area (Å²) in [6.45, 7) is 0.423. The molecular weight excluding hydrogens is 294 g/mol. The minimum Gasteiger partial charge on any atom is -0.449 e. The summed E-state index contributed by atoms with van der Waals surface area (Å²) in [7, 11) is 0. The van der Waals surface area contributed by atoms with E-state index >= 15 is 0 Å². The normalized spacial score (nSPS) is 9.50. The quantitative estimate of drug-likeness (QED) is 0.943. The fourth-order valence-electron chi connectivity index (χ4n) is 1.48. The van der Waals surface area contributed by atoms with Crippen molar-refractivity contribution < 1.29 is 4.42 Å². The molecule has 0 aliphatic carbocycles. The predicted molar refractivity (Wildman–Crippen MR) is 69.6 cm³/mol. The summed E-state index contributed by atoms with van der Waals surface area (Å²) in [5.41, 5.74) is 1.28. The molecular formula is C13H8BrN3O. The van der Waals surface area contributed by atoms with Gasteiger partial charge in [0.15, 0.2) is 0 Å². The summed E-state index contributed by atoms with van der Waals surface area (Å²) in [6.07, 6.45) is 0. The number of hydrogen-bond acceptors (Lipinski definition) is 4. The molecule has 2 aromatic rings. The maximum Gasteiger partial charge on any atom is 0.203 e. The third-order valence-electron chi connectivity index (χ3n) is 2.33. The highest BCUT2D eigenvalue weighted by Crippen LogP contribution is 2.21. The van der Waals surface area contributed by atoms with E-state index in [2.05, 4.69) is 27.3 Å². The summed E-state index contributed by atoms with van der Waals surface area (Å²) in [5.74, 6) is 0.928. The van der Waals surface area contributed by atoms with Crippen molar-refractivity contribution in [3.63, 3.8) is 0 Å². The second kappa shape index (κ2) is 5.39. The average Bonchev–Trinajstić information content (AvgIpc) is 2.84. The van der Waals surface area contributed by atoms with Crippen LogP contribution < -0.4 is 5.32 Å². The Morgan fingerprint density at radius 1 is 1.17 bits per heavy atom. The Morgan fingerprint density at radius 3 is 2.67 bits per heavy atom. The number of halogens is 1. The van der Waals surface area contributed by atoms with Gasteiger partial charge in [0, 0.05) is 4.47 Å². The SMILES string of the molecule is N#Cc1ccc(CNc2cc(Br)ccc2C#N)o1. The van der Waals surface area contributed by atoms with E-state index in [-0.39, 0.29) is 5.76 Å². The van der Waals surface area contributed by atoms with Crippen LogP contribution in [0.2, 0.25) is 0 Å². The van der Waals surface area contributed by atoms with Gasteiger partial charge in [-0.05, 0) is 30.3 Å². The van der Waals surface area contributed by atoms with Crippen LogP contribution in [-0.4, -0.2) is 0 Å². The van der Waals surface area contributed by atoms with Crippen LogP contribution in [-0.2, 0) is 6.54 Å². The van der Waals surface area contributed by atoms with Gasteiger partial charge in [-0.25, -0.2) is 0 Å². The first kappa shape index (κ1) is 12.2. The molecule has 0 saturated carbocycles. The molecule has 0 atom stereocenters. The smallest absolute Gasteiger partial charge is 0.203 e. The Bertz CT molecular complexity index is 649. The maximum absolute atomic E-state index is 8.98. The van der Waals surface area contributed by atoms with E-state index in [4.69, 9.17) is 14.9 Å². The minimum absolute atomic E-state index is 0.279. The summed E-state index contributed by atoms with van der Waals surface area (Å²) >= 11 is 3.35. The highest BCUT2D eigenvalue weighted by Gasteiger charge is 2.05. The van der Waals surface area contributed by atoms with Gasteiger partial charge < -0.3 is 9.73 Å². The molecule has 1 aromatic heterocycles. The molecule has 0 fully saturated rings. The molecule has 88 valence electrons. The van der Waals surface area contributed by atoms with Gasteiger partial charge >= 0.3 is 0 Å². The van der Waals surface area contributed by atoms with Crippen molar-refractivity contribution in [3.8, 4) is 12.1 Å². The van der Waals surface area contributed by atoms with Crippen molar-refractivity contribution in [1.82, 2.24) is 0 Å². The largest absolute Gasteiger partial charge is 0.449 e. The highest BCUT2D eigenvalue weighted by molar-refractivity contribution is 9.10. The minimum atomic E-state index is 0.279. The van der Waals surface area contributed by atoms with E-state index in [1.54, 1.807) is 18.2 Å². The molecule has 4 nitrogen and oxygen atoms in total. The highest BCUT2D eigenvalue weighted by atomic mass is 79.9. The molecule has 2 rings (SSSR count). The van der Waals surface area contributed by atoms with Gasteiger partial charge in [0.05, 0.1) is 17.8 Å². The van der Waals surface area contributed by atoms with Crippen LogP contribution in [0.1, 0.15) is 17.1 Å². The fourth-order valence-corrected chi connectivity index (χ4v) is 1.84. The zero-order chi connectivity index (χ0) is 13.0. The number of nitrogens with zero attached hydrogens (tertiary/aromatic N) is 2. The number of nitriles is 2. The van der Waals surface area contributed by atoms with Crippen molar-refractivity contribution in [2.75, 3.05) is 5.32 Å². The zero-order valence-corrected chi connectivity index (χ0v) is 10.9. The van der Waals surface area contributed by atoms with Crippen molar-refractivity contribution in [2.24, 2.45) is 0 Å². The van der Waals surface area contributed by atoms with Crippen LogP contribution in [0.15, 0.2) is 39.2 Å². The summed E-state index contributed by atoms with van der Waals surface area (Å²) in [5, 5.41) is 20.7. The van der Waals surface area contributed by atoms with Gasteiger partial charge in [-0.2, -0.15) is 10.5 Å². The molecule has 1 aromatic carbocycles. The number of benzene rings is 1. The second-order valence-electron chi connectivity index (χ2n) is 3.53. The Labute approximate surface area is 113 Å². The molecule has 18 heavy (non-hydrogen) atoms. The predicted octanol–water partition coefficient (Wildman–Crippen LogP) is 3.40. The van der Waals surface area contributed by atoms with Crippen molar-refractivity contribution in [3.05, 3.63) is 51.9 Å². The summed E-state index contributed by atoms with van der Waals surface area (Å²) < 4.78 is 6.13. The van der Waals surface area contributed by atoms with Crippen LogP contribution in [0.25, 0.3) is 0 Å². The van der Waals surface area contributed by atoms with E-state index in [9.17, 15) is 0 Å². The van der Waals surface area contributed by atoms with Gasteiger partial charge in [0.2, 0.25) is 5.76 Å². The van der Waals surface area contributed by atoms with Gasteiger partial charge in [0.1, 0.15) is 17.9 Å². The molecule has 0 saturated heterocycles. The number of furan rings is 1. The van der Waals surface area contributed by atoms with E-state index in [0.717, 1.165) is 10.2 Å². The third kappa shape index (κ3) is 2.71. The third-order valence-corrected chi connectivity index (χ3v) is 2.82. The molecule has 0 unspecified atom stereocenters. The van der Waals surface area contributed by atoms with Gasteiger partial charge in [-0.15, -0.1) is 0 Å². The lowest BCUT2D eigenvalue weighted by Crippen LogP contribution is -2.00. The molecule has 0 bridgehead atoms. The topological polar surface area (TPSA) is 72.8 Å². The van der Waals surface area contributed by atoms with E-state index < -0.39 is 0 Å². The number of rotatable bonds is 3. The summed E-state index contributed by atoms with van der Waals surface area (Å²) in [4.78, 5) is 0. The van der Waals surface area contributed by atoms with Gasteiger partial charge in [-0.1, -0.05) is 15.9 Å². The monoisotopic (exact) mass is 301 g/mol. The molecule has 5 heteroatoms. The summed E-state index contributed by atoms with van der Waals surface area (Å²) in [6, 6.07) is 12.7. The second-order valence-corrected chi connectivity index (χ2v) is 4.45. The van der Waals surface area contributed by atoms with E-state index in [0.29, 0.717) is 17.9 Å². The first-order valence-corrected chi connectivity index (χ1v) is 5.94. The first-order chi connectivity index (χ1) is 8.72. The molecule has 0 aliphatic rings. The number of nitrogens with one attached hydrogen (secondary N) is 1. The average molecular weight is 302 g/mol. The van der Waals surface area contributed by atoms with Crippen LogP contribution >= 0.6 is 15.9 Å². The van der Waals surface area contributed by atoms with E-state index in [1.165, 1.54) is 0 Å². The lowest BCUT2D eigenvalue weighted by Gasteiger charge is -2.06. The molecule has 1 N–H and O–H groups in total. The lowest BCUT2D eigenvalue weighted by atomic mass is 10.2. The van der Waals surface area contributed by atoms with Crippen LogP contribution in [0.3, 0.4) is 0 Å². The van der Waals surface area contributed by atoms with Gasteiger partial charge in [-0.3, -0.25) is 0 Å². The first-order valence-electron chi connectivity index (χ1n) is 5.15.